The number of anilines is 1. The summed E-state index contributed by atoms with van der Waals surface area (Å²) in [5, 5.41) is 0.176. The summed E-state index contributed by atoms with van der Waals surface area (Å²) in [4.78, 5) is 1.79. The van der Waals surface area contributed by atoms with E-state index in [-0.39, 0.29) is 9.92 Å². The third kappa shape index (κ3) is 3.34. The van der Waals surface area contributed by atoms with Gasteiger partial charge in [-0.25, -0.2) is 12.8 Å². The predicted octanol–water partition coefficient (Wildman–Crippen LogP) is 2.99. The minimum atomic E-state index is -3.84. The van der Waals surface area contributed by atoms with Crippen molar-refractivity contribution in [2.24, 2.45) is 0 Å². The van der Waals surface area contributed by atoms with Gasteiger partial charge in [0.1, 0.15) is 10.7 Å². The molecule has 0 spiro atoms. The zero-order valence-corrected chi connectivity index (χ0v) is 13.9. The lowest BCUT2D eigenvalue weighted by molar-refractivity contribution is 0.382. The van der Waals surface area contributed by atoms with Gasteiger partial charge in [0.2, 0.25) is 10.0 Å². The largest absolute Gasteiger partial charge is 0.369 e. The quantitative estimate of drug-likeness (QED) is 0.850. The van der Waals surface area contributed by atoms with E-state index < -0.39 is 15.8 Å². The van der Waals surface area contributed by atoms with Crippen molar-refractivity contribution in [3.63, 3.8) is 0 Å². The number of piperazine rings is 1. The molecule has 0 aliphatic carbocycles. The molecule has 1 saturated heterocycles. The number of halogens is 2. The summed E-state index contributed by atoms with van der Waals surface area (Å²) in [7, 11) is -3.84. The predicted molar refractivity (Wildman–Crippen MR) is 88.8 cm³/mol. The Kier molecular flexibility index (Phi) is 4.57. The van der Waals surface area contributed by atoms with Crippen LogP contribution in [0.1, 0.15) is 0 Å². The first kappa shape index (κ1) is 16.2. The van der Waals surface area contributed by atoms with Crippen molar-refractivity contribution in [1.29, 1.82) is 0 Å². The minimum absolute atomic E-state index is 0.176. The second-order valence-electron chi connectivity index (χ2n) is 5.30. The summed E-state index contributed by atoms with van der Waals surface area (Å²) in [6.07, 6.45) is 0. The van der Waals surface area contributed by atoms with E-state index in [9.17, 15) is 12.8 Å². The molecule has 2 aromatic rings. The van der Waals surface area contributed by atoms with Gasteiger partial charge in [-0.2, -0.15) is 4.31 Å². The first-order chi connectivity index (χ1) is 11.0. The summed E-state index contributed by atoms with van der Waals surface area (Å²) in [5.74, 6) is -0.817. The Bertz CT molecular complexity index is 791. The molecule has 0 saturated carbocycles. The van der Waals surface area contributed by atoms with Crippen molar-refractivity contribution in [2.45, 2.75) is 4.90 Å². The number of sulfonamides is 1. The Morgan fingerprint density at radius 1 is 0.957 bits per heavy atom. The molecule has 0 N–H and O–H groups in total. The summed E-state index contributed by atoms with van der Waals surface area (Å²) >= 11 is 5.68. The Morgan fingerprint density at radius 2 is 1.61 bits per heavy atom. The van der Waals surface area contributed by atoms with Crippen LogP contribution in [0.15, 0.2) is 53.4 Å². The second-order valence-corrected chi connectivity index (χ2v) is 7.64. The highest BCUT2D eigenvalue weighted by Crippen LogP contribution is 2.24. The van der Waals surface area contributed by atoms with E-state index in [1.165, 1.54) is 16.4 Å². The van der Waals surface area contributed by atoms with Crippen molar-refractivity contribution in [3.8, 4) is 0 Å². The topological polar surface area (TPSA) is 40.6 Å². The standard InChI is InChI=1S/C16H16ClFN2O2S/c17-13-6-7-16(15(18)12-13)23(21,22)20-10-8-19(9-11-20)14-4-2-1-3-5-14/h1-7,12H,8-11H2. The number of hydrogen-bond donors (Lipinski definition) is 0. The van der Waals surface area contributed by atoms with Crippen LogP contribution in [-0.4, -0.2) is 38.9 Å². The average molecular weight is 355 g/mol. The van der Waals surface area contributed by atoms with Crippen LogP contribution in [0.3, 0.4) is 0 Å². The van der Waals surface area contributed by atoms with Crippen LogP contribution < -0.4 is 4.90 Å². The summed E-state index contributed by atoms with van der Waals surface area (Å²) in [6, 6.07) is 13.4. The van der Waals surface area contributed by atoms with Crippen LogP contribution in [0.5, 0.6) is 0 Å². The summed E-state index contributed by atoms with van der Waals surface area (Å²) in [6.45, 7) is 1.77. The van der Waals surface area contributed by atoms with Crippen LogP contribution in [0.4, 0.5) is 10.1 Å². The normalized spacial score (nSPS) is 16.5. The van der Waals surface area contributed by atoms with Crippen LogP contribution in [0, 0.1) is 5.82 Å². The minimum Gasteiger partial charge on any atom is -0.369 e. The first-order valence-electron chi connectivity index (χ1n) is 7.24. The number of rotatable bonds is 3. The van der Waals surface area contributed by atoms with Crippen molar-refractivity contribution in [2.75, 3.05) is 31.1 Å². The second kappa shape index (κ2) is 6.47. The van der Waals surface area contributed by atoms with E-state index >= 15 is 0 Å². The SMILES string of the molecule is O=S(=O)(c1ccc(Cl)cc1F)N1CCN(c2ccccc2)CC1. The lowest BCUT2D eigenvalue weighted by Crippen LogP contribution is -2.48. The van der Waals surface area contributed by atoms with Gasteiger partial charge < -0.3 is 4.90 Å². The van der Waals surface area contributed by atoms with Crippen molar-refractivity contribution in [1.82, 2.24) is 4.31 Å². The van der Waals surface area contributed by atoms with Gasteiger partial charge in [-0.1, -0.05) is 29.8 Å². The lowest BCUT2D eigenvalue weighted by atomic mass is 10.2. The van der Waals surface area contributed by atoms with Gasteiger partial charge in [-0.3, -0.25) is 0 Å². The zero-order chi connectivity index (χ0) is 16.4. The van der Waals surface area contributed by atoms with Gasteiger partial charge in [-0.05, 0) is 30.3 Å². The molecule has 7 heteroatoms. The maximum absolute atomic E-state index is 13.9. The Balaban J connectivity index is 1.76. The molecule has 1 aliphatic rings. The number of hydrogen-bond acceptors (Lipinski definition) is 3. The summed E-state index contributed by atoms with van der Waals surface area (Å²) < 4.78 is 40.4. The van der Waals surface area contributed by atoms with E-state index in [4.69, 9.17) is 11.6 Å². The highest BCUT2D eigenvalue weighted by Gasteiger charge is 2.30. The maximum atomic E-state index is 13.9. The Hall–Kier alpha value is -1.63. The Morgan fingerprint density at radius 3 is 2.22 bits per heavy atom. The smallest absolute Gasteiger partial charge is 0.246 e. The molecule has 23 heavy (non-hydrogen) atoms. The van der Waals surface area contributed by atoms with Crippen LogP contribution >= 0.6 is 11.6 Å². The van der Waals surface area contributed by atoms with E-state index in [1.807, 2.05) is 30.3 Å². The molecule has 0 aromatic heterocycles. The zero-order valence-electron chi connectivity index (χ0n) is 12.3. The van der Waals surface area contributed by atoms with E-state index in [1.54, 1.807) is 0 Å². The molecule has 1 fully saturated rings. The van der Waals surface area contributed by atoms with Crippen molar-refractivity contribution in [3.05, 3.63) is 59.4 Å². The monoisotopic (exact) mass is 354 g/mol. The van der Waals surface area contributed by atoms with Gasteiger partial charge in [0, 0.05) is 36.9 Å². The third-order valence-electron chi connectivity index (χ3n) is 3.87. The number of para-hydroxylation sites is 1. The highest BCUT2D eigenvalue weighted by molar-refractivity contribution is 7.89. The average Bonchev–Trinajstić information content (AvgIpc) is 2.55. The lowest BCUT2D eigenvalue weighted by Gasteiger charge is -2.35. The van der Waals surface area contributed by atoms with Gasteiger partial charge in [0.25, 0.3) is 0 Å². The molecule has 0 amide bonds. The molecule has 2 aromatic carbocycles. The molecule has 1 heterocycles. The van der Waals surface area contributed by atoms with Crippen LogP contribution in [0.2, 0.25) is 5.02 Å². The molecule has 0 radical (unpaired) electrons. The van der Waals surface area contributed by atoms with E-state index in [0.717, 1.165) is 11.8 Å². The Labute approximate surface area is 140 Å². The van der Waals surface area contributed by atoms with Gasteiger partial charge in [0.05, 0.1) is 0 Å². The third-order valence-corrected chi connectivity index (χ3v) is 6.04. The molecule has 0 atom stereocenters. The van der Waals surface area contributed by atoms with E-state index in [0.29, 0.717) is 26.2 Å². The number of nitrogens with zero attached hydrogens (tertiary/aromatic N) is 2. The first-order valence-corrected chi connectivity index (χ1v) is 9.05. The van der Waals surface area contributed by atoms with Crippen molar-refractivity contribution >= 4 is 27.3 Å². The fourth-order valence-corrected chi connectivity index (χ4v) is 4.28. The maximum Gasteiger partial charge on any atom is 0.246 e. The van der Waals surface area contributed by atoms with Gasteiger partial charge in [-0.15, -0.1) is 0 Å². The van der Waals surface area contributed by atoms with Gasteiger partial charge in [0.15, 0.2) is 0 Å². The molecule has 122 valence electrons. The van der Waals surface area contributed by atoms with Crippen molar-refractivity contribution < 1.29 is 12.8 Å². The summed E-state index contributed by atoms with van der Waals surface area (Å²) in [5.41, 5.74) is 1.06. The molecule has 3 rings (SSSR count). The molecular formula is C16H16ClFN2O2S. The van der Waals surface area contributed by atoms with Crippen LogP contribution in [0.25, 0.3) is 0 Å². The fraction of sp³-hybridized carbons (Fsp3) is 0.250. The fourth-order valence-electron chi connectivity index (χ4n) is 2.65. The van der Waals surface area contributed by atoms with E-state index in [2.05, 4.69) is 4.90 Å². The molecule has 1 aliphatic heterocycles. The molecule has 0 unspecified atom stereocenters. The van der Waals surface area contributed by atoms with Crippen LogP contribution in [-0.2, 0) is 10.0 Å². The molecule has 0 bridgehead atoms. The number of benzene rings is 2. The molecule has 4 nitrogen and oxygen atoms in total. The highest BCUT2D eigenvalue weighted by atomic mass is 35.5. The molecular weight excluding hydrogens is 339 g/mol. The van der Waals surface area contributed by atoms with Gasteiger partial charge >= 0.3 is 0 Å².